The number of hydrogen-bond donors (Lipinski definition) is 2. The molecule has 3 aromatic rings. The van der Waals surface area contributed by atoms with Crippen molar-refractivity contribution in [3.8, 4) is 5.75 Å². The summed E-state index contributed by atoms with van der Waals surface area (Å²) in [6.07, 6.45) is 0. The zero-order valence-electron chi connectivity index (χ0n) is 15.0. The Morgan fingerprint density at radius 3 is 2.37 bits per heavy atom. The maximum absolute atomic E-state index is 12.7. The topological polar surface area (TPSA) is 84.5 Å². The molecule has 0 heterocycles. The summed E-state index contributed by atoms with van der Waals surface area (Å²) in [5.74, 6) is 0.0132. The van der Waals surface area contributed by atoms with Crippen LogP contribution in [-0.4, -0.2) is 27.5 Å². The molecule has 7 heteroatoms. The Hall–Kier alpha value is -2.90. The lowest BCUT2D eigenvalue weighted by Crippen LogP contribution is -2.41. The zero-order valence-corrected chi connectivity index (χ0v) is 15.8. The maximum Gasteiger partial charge on any atom is 0.242 e. The molecule has 140 valence electrons. The molecule has 27 heavy (non-hydrogen) atoms. The van der Waals surface area contributed by atoms with Gasteiger partial charge in [-0.25, -0.2) is 8.42 Å². The van der Waals surface area contributed by atoms with E-state index in [1.807, 2.05) is 24.3 Å². The van der Waals surface area contributed by atoms with E-state index in [9.17, 15) is 13.2 Å². The number of amides is 1. The summed E-state index contributed by atoms with van der Waals surface area (Å²) in [6.45, 7) is 1.49. The van der Waals surface area contributed by atoms with Crippen LogP contribution in [-0.2, 0) is 14.8 Å². The van der Waals surface area contributed by atoms with Gasteiger partial charge >= 0.3 is 0 Å². The molecule has 0 aliphatic carbocycles. The normalized spacial score (nSPS) is 12.5. The molecule has 0 unspecified atom stereocenters. The van der Waals surface area contributed by atoms with E-state index in [0.717, 1.165) is 10.8 Å². The van der Waals surface area contributed by atoms with Crippen LogP contribution < -0.4 is 14.8 Å². The molecule has 0 spiro atoms. The molecule has 0 aromatic heterocycles. The van der Waals surface area contributed by atoms with Crippen molar-refractivity contribution in [1.29, 1.82) is 0 Å². The predicted octanol–water partition coefficient (Wildman–Crippen LogP) is 3.15. The third kappa shape index (κ3) is 4.27. The monoisotopic (exact) mass is 384 g/mol. The number of para-hydroxylation sites is 2. The third-order valence-electron chi connectivity index (χ3n) is 4.12. The summed E-state index contributed by atoms with van der Waals surface area (Å²) in [5, 5.41) is 4.43. The summed E-state index contributed by atoms with van der Waals surface area (Å²) in [6, 6.07) is 18.3. The van der Waals surface area contributed by atoms with Crippen molar-refractivity contribution < 1.29 is 17.9 Å². The standard InChI is InChI=1S/C20H20N2O4S/c1-14(20(23)21-18-9-5-6-10-19(18)26-2)22-27(24,25)17-12-11-15-7-3-4-8-16(15)13-17/h3-14,22H,1-2H3,(H,21,23)/t14-/m1/s1. The Morgan fingerprint density at radius 1 is 0.963 bits per heavy atom. The van der Waals surface area contributed by atoms with Crippen LogP contribution >= 0.6 is 0 Å². The van der Waals surface area contributed by atoms with Gasteiger partial charge in [0.05, 0.1) is 23.7 Å². The van der Waals surface area contributed by atoms with Crippen molar-refractivity contribution in [3.05, 3.63) is 66.7 Å². The highest BCUT2D eigenvalue weighted by atomic mass is 32.2. The second-order valence-corrected chi connectivity index (χ2v) is 7.76. The van der Waals surface area contributed by atoms with Crippen LogP contribution in [0.15, 0.2) is 71.6 Å². The molecule has 0 fully saturated rings. The number of ether oxygens (including phenoxy) is 1. The van der Waals surface area contributed by atoms with Crippen molar-refractivity contribution in [2.75, 3.05) is 12.4 Å². The Morgan fingerprint density at radius 2 is 1.63 bits per heavy atom. The summed E-state index contributed by atoms with van der Waals surface area (Å²) in [7, 11) is -2.35. The average Bonchev–Trinajstić information content (AvgIpc) is 2.67. The average molecular weight is 384 g/mol. The van der Waals surface area contributed by atoms with Gasteiger partial charge < -0.3 is 10.1 Å². The van der Waals surface area contributed by atoms with E-state index in [1.54, 1.807) is 36.4 Å². The SMILES string of the molecule is COc1ccccc1NC(=O)[C@@H](C)NS(=O)(=O)c1ccc2ccccc2c1. The van der Waals surface area contributed by atoms with Gasteiger partial charge in [0.1, 0.15) is 5.75 Å². The largest absolute Gasteiger partial charge is 0.495 e. The molecule has 0 saturated carbocycles. The van der Waals surface area contributed by atoms with Crippen LogP contribution in [0.25, 0.3) is 10.8 Å². The van der Waals surface area contributed by atoms with Gasteiger partial charge in [-0.1, -0.05) is 42.5 Å². The van der Waals surface area contributed by atoms with Crippen LogP contribution in [0.5, 0.6) is 5.75 Å². The second kappa shape index (κ2) is 7.77. The van der Waals surface area contributed by atoms with E-state index in [0.29, 0.717) is 11.4 Å². The molecule has 3 aromatic carbocycles. The van der Waals surface area contributed by atoms with Gasteiger partial charge in [-0.2, -0.15) is 4.72 Å². The molecule has 1 atom stereocenters. The van der Waals surface area contributed by atoms with E-state index < -0.39 is 22.0 Å². The first-order valence-electron chi connectivity index (χ1n) is 8.36. The number of anilines is 1. The number of nitrogens with one attached hydrogen (secondary N) is 2. The Bertz CT molecular complexity index is 1080. The number of rotatable bonds is 6. The lowest BCUT2D eigenvalue weighted by Gasteiger charge is -2.16. The minimum Gasteiger partial charge on any atom is -0.495 e. The third-order valence-corrected chi connectivity index (χ3v) is 5.66. The van der Waals surface area contributed by atoms with E-state index >= 15 is 0 Å². The number of fused-ring (bicyclic) bond motifs is 1. The lowest BCUT2D eigenvalue weighted by atomic mass is 10.1. The fourth-order valence-corrected chi connectivity index (χ4v) is 3.92. The molecule has 0 bridgehead atoms. The van der Waals surface area contributed by atoms with Crippen molar-refractivity contribution in [3.63, 3.8) is 0 Å². The van der Waals surface area contributed by atoms with Crippen LogP contribution in [0.2, 0.25) is 0 Å². The van der Waals surface area contributed by atoms with Gasteiger partial charge in [0.2, 0.25) is 15.9 Å². The van der Waals surface area contributed by atoms with E-state index in [1.165, 1.54) is 20.1 Å². The minimum absolute atomic E-state index is 0.109. The quantitative estimate of drug-likeness (QED) is 0.684. The van der Waals surface area contributed by atoms with Crippen LogP contribution in [0, 0.1) is 0 Å². The fraction of sp³-hybridized carbons (Fsp3) is 0.150. The van der Waals surface area contributed by atoms with Crippen molar-refractivity contribution in [2.45, 2.75) is 17.9 Å². The van der Waals surface area contributed by atoms with Crippen LogP contribution in [0.4, 0.5) is 5.69 Å². The number of carbonyl (C=O) groups excluding carboxylic acids is 1. The molecule has 2 N–H and O–H groups in total. The van der Waals surface area contributed by atoms with Crippen molar-refractivity contribution in [1.82, 2.24) is 4.72 Å². The number of hydrogen-bond acceptors (Lipinski definition) is 4. The van der Waals surface area contributed by atoms with E-state index in [2.05, 4.69) is 10.0 Å². The second-order valence-electron chi connectivity index (χ2n) is 6.04. The van der Waals surface area contributed by atoms with Crippen LogP contribution in [0.3, 0.4) is 0 Å². The van der Waals surface area contributed by atoms with Crippen molar-refractivity contribution >= 4 is 32.4 Å². The van der Waals surface area contributed by atoms with E-state index in [-0.39, 0.29) is 4.90 Å². The molecule has 0 aliphatic heterocycles. The summed E-state index contributed by atoms with van der Waals surface area (Å²) < 4.78 is 32.9. The lowest BCUT2D eigenvalue weighted by molar-refractivity contribution is -0.117. The van der Waals surface area contributed by atoms with Crippen LogP contribution in [0.1, 0.15) is 6.92 Å². The highest BCUT2D eigenvalue weighted by Crippen LogP contribution is 2.23. The summed E-state index contributed by atoms with van der Waals surface area (Å²) in [4.78, 5) is 12.5. The fourth-order valence-electron chi connectivity index (χ4n) is 2.68. The first-order valence-corrected chi connectivity index (χ1v) is 9.84. The molecule has 3 rings (SSSR count). The molecule has 0 aliphatic rings. The Balaban J connectivity index is 1.76. The smallest absolute Gasteiger partial charge is 0.242 e. The summed E-state index contributed by atoms with van der Waals surface area (Å²) >= 11 is 0. The molecule has 0 saturated heterocycles. The maximum atomic E-state index is 12.7. The summed E-state index contributed by atoms with van der Waals surface area (Å²) in [5.41, 5.74) is 0.474. The number of methoxy groups -OCH3 is 1. The number of carbonyl (C=O) groups is 1. The molecular weight excluding hydrogens is 364 g/mol. The highest BCUT2D eigenvalue weighted by Gasteiger charge is 2.23. The van der Waals surface area contributed by atoms with E-state index in [4.69, 9.17) is 4.74 Å². The van der Waals surface area contributed by atoms with Gasteiger partial charge in [0.15, 0.2) is 0 Å². The van der Waals surface area contributed by atoms with Gasteiger partial charge in [-0.15, -0.1) is 0 Å². The molecule has 0 radical (unpaired) electrons. The molecule has 1 amide bonds. The van der Waals surface area contributed by atoms with Crippen molar-refractivity contribution in [2.24, 2.45) is 0 Å². The Kier molecular flexibility index (Phi) is 5.43. The first-order chi connectivity index (χ1) is 12.9. The van der Waals surface area contributed by atoms with Gasteiger partial charge in [-0.05, 0) is 42.0 Å². The minimum atomic E-state index is -3.85. The zero-order chi connectivity index (χ0) is 19.4. The number of benzene rings is 3. The van der Waals surface area contributed by atoms with Gasteiger partial charge in [-0.3, -0.25) is 4.79 Å². The first kappa shape index (κ1) is 18.9. The molecular formula is C20H20N2O4S. The number of sulfonamides is 1. The van der Waals surface area contributed by atoms with Gasteiger partial charge in [0.25, 0.3) is 0 Å². The Labute approximate surface area is 158 Å². The predicted molar refractivity (Wildman–Crippen MR) is 105 cm³/mol. The van der Waals surface area contributed by atoms with Gasteiger partial charge in [0, 0.05) is 0 Å². The highest BCUT2D eigenvalue weighted by molar-refractivity contribution is 7.89. The molecule has 6 nitrogen and oxygen atoms in total.